The van der Waals surface area contributed by atoms with Gasteiger partial charge in [-0.15, -0.1) is 11.3 Å². The summed E-state index contributed by atoms with van der Waals surface area (Å²) in [5.74, 6) is -0.598. The second kappa shape index (κ2) is 6.10. The minimum absolute atomic E-state index is 0.0398. The van der Waals surface area contributed by atoms with E-state index in [1.807, 2.05) is 36.4 Å². The van der Waals surface area contributed by atoms with Crippen molar-refractivity contribution in [3.05, 3.63) is 46.3 Å². The van der Waals surface area contributed by atoms with Crippen LogP contribution >= 0.6 is 22.9 Å². The van der Waals surface area contributed by atoms with Crippen molar-refractivity contribution in [3.8, 4) is 10.4 Å². The molecular weight excluding hydrogens is 320 g/mol. The van der Waals surface area contributed by atoms with Gasteiger partial charge in [0, 0.05) is 23.0 Å². The van der Waals surface area contributed by atoms with E-state index in [1.54, 1.807) is 4.90 Å². The summed E-state index contributed by atoms with van der Waals surface area (Å²) in [5.41, 5.74) is 6.30. The maximum atomic E-state index is 12.5. The van der Waals surface area contributed by atoms with Crippen LogP contribution in [0.25, 0.3) is 10.4 Å². The number of hydrogen-bond acceptors (Lipinski definition) is 3. The number of carbonyl (C=O) groups is 2. The van der Waals surface area contributed by atoms with E-state index in [1.165, 1.54) is 11.3 Å². The number of amides is 2. The minimum atomic E-state index is -0.332. The third kappa shape index (κ3) is 3.00. The van der Waals surface area contributed by atoms with Gasteiger partial charge in [-0.1, -0.05) is 23.7 Å². The minimum Gasteiger partial charge on any atom is -0.369 e. The van der Waals surface area contributed by atoms with Gasteiger partial charge in [0.25, 0.3) is 5.91 Å². The monoisotopic (exact) mass is 334 g/mol. The number of primary amides is 1. The summed E-state index contributed by atoms with van der Waals surface area (Å²) < 4.78 is 0. The summed E-state index contributed by atoms with van der Waals surface area (Å²) in [6.45, 7) is 0.995. The molecule has 1 atom stereocenters. The number of halogens is 1. The molecule has 2 N–H and O–H groups in total. The molecule has 0 radical (unpaired) electrons. The highest BCUT2D eigenvalue weighted by Gasteiger charge is 2.30. The molecule has 3 rings (SSSR count). The number of nitrogens with zero attached hydrogens (tertiary/aromatic N) is 1. The number of thiophene rings is 1. The van der Waals surface area contributed by atoms with Crippen molar-refractivity contribution >= 4 is 34.8 Å². The number of nitrogens with two attached hydrogens (primary N) is 1. The highest BCUT2D eigenvalue weighted by atomic mass is 35.5. The zero-order valence-corrected chi connectivity index (χ0v) is 13.4. The molecule has 1 aliphatic heterocycles. The molecule has 22 heavy (non-hydrogen) atoms. The Kier molecular flexibility index (Phi) is 4.18. The second-order valence-electron chi connectivity index (χ2n) is 5.31. The maximum absolute atomic E-state index is 12.5. The van der Waals surface area contributed by atoms with Crippen molar-refractivity contribution in [1.82, 2.24) is 4.90 Å². The Bertz CT molecular complexity index is 728. The molecule has 0 bridgehead atoms. The van der Waals surface area contributed by atoms with E-state index in [-0.39, 0.29) is 17.7 Å². The van der Waals surface area contributed by atoms with Crippen LogP contribution in [0.15, 0.2) is 36.4 Å². The van der Waals surface area contributed by atoms with Gasteiger partial charge in [-0.2, -0.15) is 0 Å². The molecule has 114 valence electrons. The summed E-state index contributed by atoms with van der Waals surface area (Å²) in [7, 11) is 0. The van der Waals surface area contributed by atoms with Gasteiger partial charge in [0.05, 0.1) is 10.8 Å². The van der Waals surface area contributed by atoms with E-state index in [9.17, 15) is 9.59 Å². The van der Waals surface area contributed by atoms with Crippen LogP contribution in [-0.4, -0.2) is 29.8 Å². The molecule has 0 aliphatic carbocycles. The number of carbonyl (C=O) groups excluding carboxylic acids is 2. The van der Waals surface area contributed by atoms with Gasteiger partial charge in [-0.25, -0.2) is 0 Å². The molecule has 2 heterocycles. The molecule has 4 nitrogen and oxygen atoms in total. The van der Waals surface area contributed by atoms with Crippen LogP contribution in [0.5, 0.6) is 0 Å². The fraction of sp³-hybridized carbons (Fsp3) is 0.250. The van der Waals surface area contributed by atoms with Crippen LogP contribution in [0.1, 0.15) is 16.1 Å². The van der Waals surface area contributed by atoms with Crippen molar-refractivity contribution in [2.24, 2.45) is 11.7 Å². The average molecular weight is 335 g/mol. The lowest BCUT2D eigenvalue weighted by molar-refractivity contribution is -0.121. The molecule has 0 unspecified atom stereocenters. The van der Waals surface area contributed by atoms with E-state index < -0.39 is 0 Å². The molecule has 6 heteroatoms. The summed E-state index contributed by atoms with van der Waals surface area (Å²) in [6, 6.07) is 11.3. The van der Waals surface area contributed by atoms with Crippen LogP contribution < -0.4 is 5.73 Å². The molecule has 0 saturated carbocycles. The van der Waals surface area contributed by atoms with Crippen molar-refractivity contribution in [2.75, 3.05) is 13.1 Å². The summed E-state index contributed by atoms with van der Waals surface area (Å²) in [6.07, 6.45) is 0.646. The van der Waals surface area contributed by atoms with Gasteiger partial charge in [-0.05, 0) is 36.2 Å². The van der Waals surface area contributed by atoms with Gasteiger partial charge >= 0.3 is 0 Å². The van der Waals surface area contributed by atoms with Crippen LogP contribution in [0.4, 0.5) is 0 Å². The predicted molar refractivity (Wildman–Crippen MR) is 88.0 cm³/mol. The predicted octanol–water partition coefficient (Wildman–Crippen LogP) is 3.02. The van der Waals surface area contributed by atoms with Crippen molar-refractivity contribution in [2.45, 2.75) is 6.42 Å². The summed E-state index contributed by atoms with van der Waals surface area (Å²) >= 11 is 7.43. The highest BCUT2D eigenvalue weighted by molar-refractivity contribution is 7.17. The lowest BCUT2D eigenvalue weighted by Crippen LogP contribution is -2.31. The molecule has 1 saturated heterocycles. The first-order valence-corrected chi connectivity index (χ1v) is 8.18. The first-order chi connectivity index (χ1) is 10.5. The van der Waals surface area contributed by atoms with Gasteiger partial charge < -0.3 is 10.6 Å². The Balaban J connectivity index is 1.77. The Hall–Kier alpha value is -1.85. The Morgan fingerprint density at radius 2 is 2.09 bits per heavy atom. The van der Waals surface area contributed by atoms with E-state index in [0.717, 1.165) is 10.4 Å². The van der Waals surface area contributed by atoms with Crippen molar-refractivity contribution < 1.29 is 9.59 Å². The molecule has 1 aromatic heterocycles. The van der Waals surface area contributed by atoms with Crippen molar-refractivity contribution in [3.63, 3.8) is 0 Å². The van der Waals surface area contributed by atoms with Crippen LogP contribution in [0.2, 0.25) is 5.02 Å². The zero-order valence-electron chi connectivity index (χ0n) is 11.8. The first kappa shape index (κ1) is 15.1. The smallest absolute Gasteiger partial charge is 0.263 e. The Labute approximate surface area is 137 Å². The van der Waals surface area contributed by atoms with E-state index in [4.69, 9.17) is 17.3 Å². The summed E-state index contributed by atoms with van der Waals surface area (Å²) in [4.78, 5) is 27.0. The largest absolute Gasteiger partial charge is 0.369 e. The van der Waals surface area contributed by atoms with Crippen molar-refractivity contribution in [1.29, 1.82) is 0 Å². The zero-order chi connectivity index (χ0) is 15.7. The number of hydrogen-bond donors (Lipinski definition) is 1. The molecule has 1 fully saturated rings. The molecule has 0 spiro atoms. The SMILES string of the molecule is NC(=O)[C@H]1CCN(C(=O)c2ccc(-c3cccc(Cl)c3)s2)C1. The number of likely N-dealkylation sites (tertiary alicyclic amines) is 1. The second-order valence-corrected chi connectivity index (χ2v) is 6.83. The molecule has 1 aliphatic rings. The Morgan fingerprint density at radius 3 is 2.77 bits per heavy atom. The standard InChI is InChI=1S/C16H15ClN2O2S/c17-12-3-1-2-10(8-12)13-4-5-14(22-13)16(21)19-7-6-11(9-19)15(18)20/h1-5,8,11H,6-7,9H2,(H2,18,20)/t11-/m0/s1. The van der Waals surface area contributed by atoms with Gasteiger partial charge in [0.2, 0.25) is 5.91 Å². The fourth-order valence-corrected chi connectivity index (χ4v) is 3.74. The van der Waals surface area contributed by atoms with E-state index in [0.29, 0.717) is 29.4 Å². The average Bonchev–Trinajstić information content (AvgIpc) is 3.16. The molecule has 2 aromatic rings. The summed E-state index contributed by atoms with van der Waals surface area (Å²) in [5, 5.41) is 0.669. The quantitative estimate of drug-likeness (QED) is 0.937. The lowest BCUT2D eigenvalue weighted by Gasteiger charge is -2.14. The molecule has 1 aromatic carbocycles. The molecule has 2 amide bonds. The third-order valence-electron chi connectivity index (χ3n) is 3.80. The van der Waals surface area contributed by atoms with Gasteiger partial charge in [0.15, 0.2) is 0 Å². The topological polar surface area (TPSA) is 63.4 Å². The van der Waals surface area contributed by atoms with E-state index >= 15 is 0 Å². The normalized spacial score (nSPS) is 17.7. The lowest BCUT2D eigenvalue weighted by atomic mass is 10.1. The van der Waals surface area contributed by atoms with E-state index in [2.05, 4.69) is 0 Å². The number of benzene rings is 1. The fourth-order valence-electron chi connectivity index (χ4n) is 2.58. The van der Waals surface area contributed by atoms with Gasteiger partial charge in [-0.3, -0.25) is 9.59 Å². The first-order valence-electron chi connectivity index (χ1n) is 6.99. The van der Waals surface area contributed by atoms with Crippen LogP contribution in [0, 0.1) is 5.92 Å². The Morgan fingerprint density at radius 1 is 1.27 bits per heavy atom. The molecular formula is C16H15ClN2O2S. The van der Waals surface area contributed by atoms with Crippen LogP contribution in [-0.2, 0) is 4.79 Å². The number of rotatable bonds is 3. The van der Waals surface area contributed by atoms with Crippen LogP contribution in [0.3, 0.4) is 0 Å². The highest BCUT2D eigenvalue weighted by Crippen LogP contribution is 2.31. The van der Waals surface area contributed by atoms with Gasteiger partial charge in [0.1, 0.15) is 0 Å². The maximum Gasteiger partial charge on any atom is 0.263 e. The third-order valence-corrected chi connectivity index (χ3v) is 5.16.